The van der Waals surface area contributed by atoms with Gasteiger partial charge in [-0.15, -0.1) is 17.0 Å². The van der Waals surface area contributed by atoms with Crippen molar-refractivity contribution in [2.24, 2.45) is 0 Å². The molecule has 276 valence electrons. The fourth-order valence-electron chi connectivity index (χ4n) is 6.59. The Morgan fingerprint density at radius 1 is 0.923 bits per heavy atom. The van der Waals surface area contributed by atoms with Gasteiger partial charge >= 0.3 is 6.18 Å². The maximum Gasteiger partial charge on any atom is 0.416 e. The van der Waals surface area contributed by atoms with Crippen molar-refractivity contribution < 1.29 is 32.2 Å². The van der Waals surface area contributed by atoms with E-state index in [0.29, 0.717) is 36.8 Å². The highest BCUT2D eigenvalue weighted by atomic mass is 79.9. The van der Waals surface area contributed by atoms with E-state index in [0.717, 1.165) is 60.9 Å². The minimum absolute atomic E-state index is 0. The summed E-state index contributed by atoms with van der Waals surface area (Å²) in [4.78, 5) is 38.9. The number of hydrogen-bond acceptors (Lipinski definition) is 7. The van der Waals surface area contributed by atoms with Gasteiger partial charge in [-0.05, 0) is 92.6 Å². The van der Waals surface area contributed by atoms with Crippen LogP contribution in [0.15, 0.2) is 85.1 Å². The molecule has 9 nitrogen and oxygen atoms in total. The zero-order valence-corrected chi connectivity index (χ0v) is 31.5. The number of nitrogens with zero attached hydrogens (tertiary/aromatic N) is 5. The van der Waals surface area contributed by atoms with Crippen molar-refractivity contribution in [1.82, 2.24) is 14.8 Å². The molecule has 1 saturated heterocycles. The predicted molar refractivity (Wildman–Crippen MR) is 200 cm³/mol. The molecule has 6 rings (SSSR count). The first kappa shape index (κ1) is 38.6. The number of aromatic nitrogens is 1. The molecule has 0 radical (unpaired) electrons. The average molecular weight is 783 g/mol. The van der Waals surface area contributed by atoms with E-state index in [-0.39, 0.29) is 34.6 Å². The lowest BCUT2D eigenvalue weighted by molar-refractivity contribution is -0.138. The normalized spacial score (nSPS) is 17.4. The quantitative estimate of drug-likeness (QED) is 0.173. The largest absolute Gasteiger partial charge is 0.491 e. The molecule has 4 aromatic rings. The minimum atomic E-state index is -4.48. The third-order valence-electron chi connectivity index (χ3n) is 9.60. The van der Waals surface area contributed by atoms with Gasteiger partial charge in [0.25, 0.3) is 5.91 Å². The summed E-state index contributed by atoms with van der Waals surface area (Å²) in [6.07, 6.45) is -2.35. The van der Waals surface area contributed by atoms with Crippen LogP contribution in [0.25, 0.3) is 0 Å². The molecule has 2 aliphatic rings. The van der Waals surface area contributed by atoms with E-state index in [9.17, 15) is 22.8 Å². The Labute approximate surface area is 312 Å². The van der Waals surface area contributed by atoms with Gasteiger partial charge in [0.2, 0.25) is 11.8 Å². The maximum absolute atomic E-state index is 14.0. The van der Waals surface area contributed by atoms with Gasteiger partial charge in [0, 0.05) is 70.6 Å². The molecule has 0 bridgehead atoms. The van der Waals surface area contributed by atoms with Crippen LogP contribution in [-0.4, -0.2) is 78.5 Å². The van der Waals surface area contributed by atoms with Crippen molar-refractivity contribution in [2.75, 3.05) is 50.1 Å². The fourth-order valence-corrected chi connectivity index (χ4v) is 6.59. The number of rotatable bonds is 9. The summed E-state index contributed by atoms with van der Waals surface area (Å²) in [6, 6.07) is 21.3. The van der Waals surface area contributed by atoms with Crippen LogP contribution in [0.3, 0.4) is 0 Å². The van der Waals surface area contributed by atoms with Gasteiger partial charge in [0.05, 0.1) is 23.6 Å². The Morgan fingerprint density at radius 3 is 2.17 bits per heavy atom. The molecule has 0 saturated carbocycles. The molecular weight excluding hydrogens is 739 g/mol. The number of carbonyl (C=O) groups excluding carboxylic acids is 2. The van der Waals surface area contributed by atoms with Crippen LogP contribution >= 0.6 is 17.0 Å². The molecule has 2 aliphatic heterocycles. The summed E-state index contributed by atoms with van der Waals surface area (Å²) in [5.41, 5.74) is 2.19. The molecule has 1 unspecified atom stereocenters. The molecule has 0 spiro atoms. The lowest BCUT2D eigenvalue weighted by Crippen LogP contribution is -2.59. The number of benzene rings is 3. The van der Waals surface area contributed by atoms with Crippen molar-refractivity contribution in [3.8, 4) is 17.4 Å². The Bertz CT molecular complexity index is 1870. The molecule has 0 N–H and O–H groups in total. The molecule has 1 fully saturated rings. The van der Waals surface area contributed by atoms with E-state index in [1.807, 2.05) is 63.1 Å². The van der Waals surface area contributed by atoms with Crippen molar-refractivity contribution in [3.63, 3.8) is 0 Å². The van der Waals surface area contributed by atoms with Crippen molar-refractivity contribution in [1.29, 1.82) is 0 Å². The summed E-state index contributed by atoms with van der Waals surface area (Å²) < 4.78 is 50.5. The second-order valence-corrected chi connectivity index (χ2v) is 13.6. The zero-order valence-electron chi connectivity index (χ0n) is 29.8. The summed E-state index contributed by atoms with van der Waals surface area (Å²) >= 11 is 0. The number of halogens is 4. The van der Waals surface area contributed by atoms with Crippen LogP contribution in [-0.2, 0) is 23.9 Å². The Morgan fingerprint density at radius 2 is 1.58 bits per heavy atom. The number of carbonyl (C=O) groups is 2. The van der Waals surface area contributed by atoms with Crippen LogP contribution in [0.4, 0.5) is 24.5 Å². The lowest BCUT2D eigenvalue weighted by atomic mass is 9.94. The molecule has 0 aliphatic carbocycles. The van der Waals surface area contributed by atoms with E-state index in [1.165, 1.54) is 23.7 Å². The molecule has 1 aromatic heterocycles. The molecule has 3 aromatic carbocycles. The minimum Gasteiger partial charge on any atom is -0.491 e. The molecule has 2 amide bonds. The standard InChI is InChI=1S/C39H42F3N5O4.BrH/c1-26(2)50-32-13-6-27(7-14-32)25-46-18-20-47(21-19-46)37(49)38(3)23-29-22-33(15-16-34(29)45(38)5)51-35-17-12-31(24-43-35)44(4)36(48)28-8-10-30(11-9-28)39(40,41)42;/h6-17,22,24,26H,18-21,23,25H2,1-5H3;1H. The number of piperazine rings is 1. The Kier molecular flexibility index (Phi) is 11.5. The summed E-state index contributed by atoms with van der Waals surface area (Å²) in [7, 11) is 3.48. The van der Waals surface area contributed by atoms with Crippen LogP contribution in [0.1, 0.15) is 47.8 Å². The van der Waals surface area contributed by atoms with Gasteiger partial charge in [-0.1, -0.05) is 12.1 Å². The molecule has 13 heteroatoms. The Balaban J connectivity index is 0.00000523. The first-order valence-electron chi connectivity index (χ1n) is 16.9. The van der Waals surface area contributed by atoms with Gasteiger partial charge in [-0.3, -0.25) is 14.5 Å². The van der Waals surface area contributed by atoms with Gasteiger partial charge in [-0.25, -0.2) is 4.98 Å². The number of ether oxygens (including phenoxy) is 2. The second kappa shape index (κ2) is 15.5. The SMILES string of the molecule is Br.CC(C)Oc1ccc(CN2CCN(C(=O)C3(C)Cc4cc(Oc5ccc(N(C)C(=O)c6ccc(C(F)(F)F)cc6)cn5)ccc4N3C)CC2)cc1. The summed E-state index contributed by atoms with van der Waals surface area (Å²) in [5.74, 6) is 1.36. The number of likely N-dealkylation sites (N-methyl/N-ethyl adjacent to an activating group) is 1. The number of anilines is 2. The van der Waals surface area contributed by atoms with E-state index in [2.05, 4.69) is 26.9 Å². The number of pyridine rings is 1. The summed E-state index contributed by atoms with van der Waals surface area (Å²) in [5, 5.41) is 0. The van der Waals surface area contributed by atoms with Gasteiger partial charge in [-0.2, -0.15) is 13.2 Å². The van der Waals surface area contributed by atoms with Crippen LogP contribution in [0.5, 0.6) is 17.4 Å². The van der Waals surface area contributed by atoms with E-state index in [4.69, 9.17) is 9.47 Å². The molecule has 3 heterocycles. The third kappa shape index (κ3) is 8.36. The van der Waals surface area contributed by atoms with Crippen LogP contribution in [0, 0.1) is 0 Å². The topological polar surface area (TPSA) is 78.5 Å². The van der Waals surface area contributed by atoms with E-state index < -0.39 is 23.2 Å². The Hall–Kier alpha value is -4.62. The van der Waals surface area contributed by atoms with Gasteiger partial charge in [0.1, 0.15) is 17.0 Å². The van der Waals surface area contributed by atoms with Crippen molar-refractivity contribution in [3.05, 3.63) is 107 Å². The lowest BCUT2D eigenvalue weighted by Gasteiger charge is -2.41. The zero-order chi connectivity index (χ0) is 36.5. The van der Waals surface area contributed by atoms with Crippen LogP contribution in [0.2, 0.25) is 0 Å². The van der Waals surface area contributed by atoms with Gasteiger partial charge in [0.15, 0.2) is 0 Å². The highest BCUT2D eigenvalue weighted by Gasteiger charge is 2.46. The molecule has 1 atom stereocenters. The number of hydrogen-bond donors (Lipinski definition) is 0. The number of amides is 2. The average Bonchev–Trinajstić information content (AvgIpc) is 3.37. The first-order chi connectivity index (χ1) is 24.2. The van der Waals surface area contributed by atoms with Crippen LogP contribution < -0.4 is 19.3 Å². The first-order valence-corrected chi connectivity index (χ1v) is 16.9. The predicted octanol–water partition coefficient (Wildman–Crippen LogP) is 7.63. The van der Waals surface area contributed by atoms with Crippen molar-refractivity contribution in [2.45, 2.75) is 51.6 Å². The molecule has 52 heavy (non-hydrogen) atoms. The smallest absolute Gasteiger partial charge is 0.416 e. The summed E-state index contributed by atoms with van der Waals surface area (Å²) in [6.45, 7) is 9.75. The van der Waals surface area contributed by atoms with Crippen molar-refractivity contribution >= 4 is 40.2 Å². The number of fused-ring (bicyclic) bond motifs is 1. The van der Waals surface area contributed by atoms with E-state index >= 15 is 0 Å². The maximum atomic E-state index is 14.0. The van der Waals surface area contributed by atoms with Gasteiger partial charge < -0.3 is 24.2 Å². The number of alkyl halides is 3. The monoisotopic (exact) mass is 781 g/mol. The third-order valence-corrected chi connectivity index (χ3v) is 9.60. The van der Waals surface area contributed by atoms with E-state index in [1.54, 1.807) is 12.1 Å². The second-order valence-electron chi connectivity index (χ2n) is 13.6. The molecular formula is C39H43BrF3N5O4. The highest BCUT2D eigenvalue weighted by Crippen LogP contribution is 2.41. The fraction of sp³-hybridized carbons (Fsp3) is 0.359. The highest BCUT2D eigenvalue weighted by molar-refractivity contribution is 8.93.